The van der Waals surface area contributed by atoms with E-state index < -0.39 is 0 Å². The van der Waals surface area contributed by atoms with E-state index >= 15 is 0 Å². The fourth-order valence-electron chi connectivity index (χ4n) is 2.95. The first-order chi connectivity index (χ1) is 14.2. The van der Waals surface area contributed by atoms with E-state index in [1.807, 2.05) is 24.4 Å². The molecule has 0 unspecified atom stereocenters. The van der Waals surface area contributed by atoms with E-state index in [1.54, 1.807) is 28.8 Å². The minimum atomic E-state index is -0.294. The van der Waals surface area contributed by atoms with Crippen molar-refractivity contribution in [2.75, 3.05) is 13.2 Å². The van der Waals surface area contributed by atoms with Crippen LogP contribution in [0.3, 0.4) is 0 Å². The normalized spacial score (nSPS) is 11.0. The van der Waals surface area contributed by atoms with Gasteiger partial charge < -0.3 is 10.1 Å². The standard InChI is InChI=1S/C21H19FN4O2S/c1-2-28-18-6-4-3-5-17(18)20(27)23-12-11-16-13-29-21-24-19(25-26(16)21)14-7-9-15(22)10-8-14/h3-10,13H,2,11-12H2,1H3,(H,23,27). The van der Waals surface area contributed by atoms with Crippen LogP contribution in [0.25, 0.3) is 16.3 Å². The van der Waals surface area contributed by atoms with E-state index in [1.165, 1.54) is 23.5 Å². The van der Waals surface area contributed by atoms with Crippen molar-refractivity contribution in [1.29, 1.82) is 0 Å². The highest BCUT2D eigenvalue weighted by Gasteiger charge is 2.14. The number of aromatic nitrogens is 3. The molecule has 0 fully saturated rings. The number of ether oxygens (including phenoxy) is 1. The first-order valence-corrected chi connectivity index (χ1v) is 10.1. The molecule has 148 valence electrons. The van der Waals surface area contributed by atoms with E-state index in [9.17, 15) is 9.18 Å². The summed E-state index contributed by atoms with van der Waals surface area (Å²) in [6, 6.07) is 13.3. The molecule has 0 saturated carbocycles. The van der Waals surface area contributed by atoms with Gasteiger partial charge in [-0.25, -0.2) is 8.91 Å². The highest BCUT2D eigenvalue weighted by molar-refractivity contribution is 7.15. The summed E-state index contributed by atoms with van der Waals surface area (Å²) in [5.41, 5.74) is 2.22. The average Bonchev–Trinajstić information content (AvgIpc) is 3.31. The number of hydrogen-bond acceptors (Lipinski definition) is 5. The lowest BCUT2D eigenvalue weighted by Gasteiger charge is -2.10. The Labute approximate surface area is 171 Å². The van der Waals surface area contributed by atoms with Crippen molar-refractivity contribution in [3.05, 3.63) is 71.0 Å². The van der Waals surface area contributed by atoms with Crippen LogP contribution in [-0.2, 0) is 6.42 Å². The third-order valence-corrected chi connectivity index (χ3v) is 5.22. The fraction of sp³-hybridized carbons (Fsp3) is 0.190. The van der Waals surface area contributed by atoms with Crippen LogP contribution < -0.4 is 10.1 Å². The molecule has 2 aromatic carbocycles. The van der Waals surface area contributed by atoms with E-state index in [-0.39, 0.29) is 11.7 Å². The van der Waals surface area contributed by atoms with Crippen LogP contribution in [0, 0.1) is 5.82 Å². The molecule has 0 saturated heterocycles. The smallest absolute Gasteiger partial charge is 0.255 e. The van der Waals surface area contributed by atoms with Crippen molar-refractivity contribution in [2.45, 2.75) is 13.3 Å². The number of amides is 1. The SMILES string of the molecule is CCOc1ccccc1C(=O)NCCc1csc2nc(-c3ccc(F)cc3)nn12. The molecule has 4 aromatic rings. The summed E-state index contributed by atoms with van der Waals surface area (Å²) in [4.78, 5) is 17.8. The highest BCUT2D eigenvalue weighted by atomic mass is 32.1. The predicted molar refractivity (Wildman–Crippen MR) is 110 cm³/mol. The van der Waals surface area contributed by atoms with E-state index in [4.69, 9.17) is 4.74 Å². The highest BCUT2D eigenvalue weighted by Crippen LogP contribution is 2.21. The van der Waals surface area contributed by atoms with Gasteiger partial charge in [-0.3, -0.25) is 4.79 Å². The van der Waals surface area contributed by atoms with Gasteiger partial charge in [0.15, 0.2) is 5.82 Å². The molecule has 0 aliphatic carbocycles. The lowest BCUT2D eigenvalue weighted by atomic mass is 10.2. The topological polar surface area (TPSA) is 68.5 Å². The Balaban J connectivity index is 1.44. The molecule has 1 amide bonds. The van der Waals surface area contributed by atoms with Gasteiger partial charge in [0.1, 0.15) is 11.6 Å². The zero-order valence-electron chi connectivity index (χ0n) is 15.8. The number of carbonyl (C=O) groups is 1. The summed E-state index contributed by atoms with van der Waals surface area (Å²) in [6.45, 7) is 2.84. The molecule has 0 spiro atoms. The van der Waals surface area contributed by atoms with Crippen LogP contribution in [-0.4, -0.2) is 33.7 Å². The molecule has 0 aliphatic heterocycles. The molecular formula is C21H19FN4O2S. The number of rotatable bonds is 7. The van der Waals surface area contributed by atoms with Crippen LogP contribution in [0.5, 0.6) is 5.75 Å². The Kier molecular flexibility index (Phi) is 5.53. The molecule has 29 heavy (non-hydrogen) atoms. The summed E-state index contributed by atoms with van der Waals surface area (Å²) in [7, 11) is 0. The number of nitrogens with one attached hydrogen (secondary N) is 1. The second kappa shape index (κ2) is 8.40. The Morgan fingerprint density at radius 1 is 1.21 bits per heavy atom. The summed E-state index contributed by atoms with van der Waals surface area (Å²) in [5.74, 6) is 0.654. The van der Waals surface area contributed by atoms with Crippen LogP contribution in [0.4, 0.5) is 4.39 Å². The largest absolute Gasteiger partial charge is 0.493 e. The maximum atomic E-state index is 13.1. The van der Waals surface area contributed by atoms with Gasteiger partial charge >= 0.3 is 0 Å². The van der Waals surface area contributed by atoms with E-state index in [0.717, 1.165) is 16.2 Å². The molecule has 2 heterocycles. The van der Waals surface area contributed by atoms with E-state index in [2.05, 4.69) is 15.4 Å². The fourth-order valence-corrected chi connectivity index (χ4v) is 3.81. The third kappa shape index (κ3) is 4.12. The molecule has 0 atom stereocenters. The van der Waals surface area contributed by atoms with Gasteiger partial charge in [0, 0.05) is 23.9 Å². The van der Waals surface area contributed by atoms with Crippen LogP contribution >= 0.6 is 11.3 Å². The molecular weight excluding hydrogens is 391 g/mol. The Morgan fingerprint density at radius 2 is 2.00 bits per heavy atom. The quantitative estimate of drug-likeness (QED) is 0.501. The molecule has 0 radical (unpaired) electrons. The van der Waals surface area contributed by atoms with E-state index in [0.29, 0.717) is 36.7 Å². The van der Waals surface area contributed by atoms with Gasteiger partial charge in [-0.1, -0.05) is 12.1 Å². The average molecular weight is 410 g/mol. The van der Waals surface area contributed by atoms with Gasteiger partial charge in [-0.2, -0.15) is 4.98 Å². The number of fused-ring (bicyclic) bond motifs is 1. The number of halogens is 1. The number of thiazole rings is 1. The minimum Gasteiger partial charge on any atom is -0.493 e. The summed E-state index contributed by atoms with van der Waals surface area (Å²) in [6.07, 6.45) is 0.606. The van der Waals surface area contributed by atoms with Gasteiger partial charge in [-0.05, 0) is 43.3 Å². The second-order valence-corrected chi connectivity index (χ2v) is 7.14. The molecule has 0 aliphatic rings. The summed E-state index contributed by atoms with van der Waals surface area (Å²) < 4.78 is 20.4. The number of para-hydroxylation sites is 1. The number of carbonyl (C=O) groups excluding carboxylic acids is 1. The maximum absolute atomic E-state index is 13.1. The lowest BCUT2D eigenvalue weighted by Crippen LogP contribution is -2.26. The van der Waals surface area contributed by atoms with Crippen molar-refractivity contribution >= 4 is 22.2 Å². The van der Waals surface area contributed by atoms with Crippen molar-refractivity contribution in [2.24, 2.45) is 0 Å². The Hall–Kier alpha value is -3.26. The van der Waals surface area contributed by atoms with Crippen LogP contribution in [0.1, 0.15) is 23.0 Å². The zero-order valence-corrected chi connectivity index (χ0v) is 16.6. The van der Waals surface area contributed by atoms with Crippen LogP contribution in [0.15, 0.2) is 53.9 Å². The zero-order chi connectivity index (χ0) is 20.2. The number of nitrogens with zero attached hydrogens (tertiary/aromatic N) is 3. The monoisotopic (exact) mass is 410 g/mol. The molecule has 0 bridgehead atoms. The molecule has 1 N–H and O–H groups in total. The van der Waals surface area contributed by atoms with Crippen molar-refractivity contribution in [3.8, 4) is 17.1 Å². The number of benzene rings is 2. The van der Waals surface area contributed by atoms with Crippen LogP contribution in [0.2, 0.25) is 0 Å². The Bertz CT molecular complexity index is 1140. The first kappa shape index (κ1) is 19.1. The third-order valence-electron chi connectivity index (χ3n) is 4.35. The lowest BCUT2D eigenvalue weighted by molar-refractivity contribution is 0.0950. The Morgan fingerprint density at radius 3 is 2.79 bits per heavy atom. The molecule has 8 heteroatoms. The van der Waals surface area contributed by atoms with Gasteiger partial charge in [0.05, 0.1) is 17.9 Å². The van der Waals surface area contributed by atoms with Gasteiger partial charge in [0.2, 0.25) is 4.96 Å². The molecule has 4 rings (SSSR count). The predicted octanol–water partition coefficient (Wildman–Crippen LogP) is 3.97. The first-order valence-electron chi connectivity index (χ1n) is 9.25. The van der Waals surface area contributed by atoms with Crippen molar-refractivity contribution < 1.29 is 13.9 Å². The maximum Gasteiger partial charge on any atom is 0.255 e. The van der Waals surface area contributed by atoms with Crippen molar-refractivity contribution in [3.63, 3.8) is 0 Å². The van der Waals surface area contributed by atoms with Gasteiger partial charge in [-0.15, -0.1) is 16.4 Å². The summed E-state index contributed by atoms with van der Waals surface area (Å²) >= 11 is 1.48. The molecule has 2 aromatic heterocycles. The van der Waals surface area contributed by atoms with Crippen molar-refractivity contribution in [1.82, 2.24) is 19.9 Å². The second-order valence-electron chi connectivity index (χ2n) is 6.30. The molecule has 6 nitrogen and oxygen atoms in total. The summed E-state index contributed by atoms with van der Waals surface area (Å²) in [5, 5.41) is 9.43. The number of hydrogen-bond donors (Lipinski definition) is 1. The minimum absolute atomic E-state index is 0.175. The van der Waals surface area contributed by atoms with Gasteiger partial charge in [0.25, 0.3) is 5.91 Å².